The molecule has 4 rings (SSSR count). The third-order valence-corrected chi connectivity index (χ3v) is 5.66. The highest BCUT2D eigenvalue weighted by Gasteiger charge is 2.24. The molecule has 28 heavy (non-hydrogen) atoms. The lowest BCUT2D eigenvalue weighted by Gasteiger charge is -2.32. The zero-order valence-corrected chi connectivity index (χ0v) is 17.6. The summed E-state index contributed by atoms with van der Waals surface area (Å²) in [4.78, 5) is 12.7. The minimum absolute atomic E-state index is 0.0378. The summed E-state index contributed by atoms with van der Waals surface area (Å²) in [6.45, 7) is 9.46. The summed E-state index contributed by atoms with van der Waals surface area (Å²) in [5, 5.41) is 8.74. The van der Waals surface area contributed by atoms with Crippen molar-refractivity contribution in [1.82, 2.24) is 24.6 Å². The molecule has 1 N–H and O–H groups in total. The molecular weight excluding hydrogens is 372 g/mol. The molecule has 1 atom stereocenters. The number of aryl methyl sites for hydroxylation is 4. The largest absolute Gasteiger partial charge is 0.369 e. The van der Waals surface area contributed by atoms with Crippen molar-refractivity contribution in [1.29, 1.82) is 0 Å². The highest BCUT2D eigenvalue weighted by Crippen LogP contribution is 2.27. The molecule has 0 bridgehead atoms. The van der Waals surface area contributed by atoms with Crippen LogP contribution in [-0.2, 0) is 18.3 Å². The zero-order chi connectivity index (χ0) is 19.7. The summed E-state index contributed by atoms with van der Waals surface area (Å²) in [7, 11) is 1.97. The Bertz CT molecular complexity index is 966. The number of hydrogen-bond acceptors (Lipinski definition) is 7. The van der Waals surface area contributed by atoms with E-state index in [4.69, 9.17) is 9.72 Å². The van der Waals surface area contributed by atoms with Gasteiger partial charge in [0.2, 0.25) is 0 Å². The molecule has 3 aromatic rings. The van der Waals surface area contributed by atoms with Crippen molar-refractivity contribution < 1.29 is 4.74 Å². The Morgan fingerprint density at radius 2 is 2.14 bits per heavy atom. The number of thiazole rings is 1. The third-order valence-electron chi connectivity index (χ3n) is 4.84. The Hall–Kier alpha value is -2.29. The number of hydrogen-bond donors (Lipinski definition) is 1. The van der Waals surface area contributed by atoms with Crippen molar-refractivity contribution in [2.75, 3.05) is 25.0 Å². The summed E-state index contributed by atoms with van der Waals surface area (Å²) < 4.78 is 7.94. The van der Waals surface area contributed by atoms with Gasteiger partial charge >= 0.3 is 0 Å². The van der Waals surface area contributed by atoms with Crippen LogP contribution in [0.15, 0.2) is 24.5 Å². The Labute approximate surface area is 169 Å². The molecule has 0 unspecified atom stereocenters. The lowest BCUT2D eigenvalue weighted by atomic mass is 10.1. The summed E-state index contributed by atoms with van der Waals surface area (Å²) in [5.41, 5.74) is 5.28. The van der Waals surface area contributed by atoms with Crippen molar-refractivity contribution in [3.8, 4) is 0 Å². The molecule has 0 radical (unpaired) electrons. The van der Waals surface area contributed by atoms with Crippen LogP contribution >= 0.6 is 11.3 Å². The average molecular weight is 399 g/mol. The number of aromatic nitrogens is 4. The molecule has 1 saturated heterocycles. The van der Waals surface area contributed by atoms with Gasteiger partial charge in [-0.3, -0.25) is 14.6 Å². The van der Waals surface area contributed by atoms with Crippen molar-refractivity contribution in [2.45, 2.75) is 33.4 Å². The fraction of sp³-hybridized carbons (Fsp3) is 0.450. The van der Waals surface area contributed by atoms with Crippen LogP contribution in [-0.4, -0.2) is 44.3 Å². The fourth-order valence-electron chi connectivity index (χ4n) is 3.54. The number of rotatable bonds is 5. The maximum absolute atomic E-state index is 6.07. The van der Waals surface area contributed by atoms with Crippen molar-refractivity contribution in [2.24, 2.45) is 7.05 Å². The first-order chi connectivity index (χ1) is 13.5. The van der Waals surface area contributed by atoms with Gasteiger partial charge in [-0.25, -0.2) is 4.98 Å². The van der Waals surface area contributed by atoms with Crippen molar-refractivity contribution in [3.05, 3.63) is 52.0 Å². The van der Waals surface area contributed by atoms with Gasteiger partial charge in [-0.2, -0.15) is 5.10 Å². The van der Waals surface area contributed by atoms with Gasteiger partial charge in [0.05, 0.1) is 18.0 Å². The molecule has 4 heterocycles. The lowest BCUT2D eigenvalue weighted by molar-refractivity contribution is -0.0350. The summed E-state index contributed by atoms with van der Waals surface area (Å²) in [6, 6.07) is 4.12. The van der Waals surface area contributed by atoms with Crippen LogP contribution in [0.25, 0.3) is 0 Å². The van der Waals surface area contributed by atoms with Crippen LogP contribution in [0, 0.1) is 20.8 Å². The Morgan fingerprint density at radius 3 is 2.86 bits per heavy atom. The number of morpholine rings is 1. The monoisotopic (exact) mass is 398 g/mol. The van der Waals surface area contributed by atoms with E-state index in [1.807, 2.05) is 30.9 Å². The van der Waals surface area contributed by atoms with Gasteiger partial charge in [0.25, 0.3) is 0 Å². The Morgan fingerprint density at radius 1 is 1.29 bits per heavy atom. The Kier molecular flexibility index (Phi) is 5.43. The SMILES string of the molecule is Cc1cc(Nc2ncc(C)s2)cc([C@@H]2CN(Cc3cn(C)nc3C)CCO2)n1. The molecule has 8 heteroatoms. The molecule has 1 aliphatic heterocycles. The highest BCUT2D eigenvalue weighted by molar-refractivity contribution is 7.15. The molecule has 0 aliphatic carbocycles. The van der Waals surface area contributed by atoms with E-state index in [1.165, 1.54) is 10.4 Å². The van der Waals surface area contributed by atoms with E-state index in [2.05, 4.69) is 46.4 Å². The van der Waals surface area contributed by atoms with Gasteiger partial charge in [0.1, 0.15) is 6.10 Å². The molecule has 1 aliphatic rings. The molecule has 0 aromatic carbocycles. The standard InChI is InChI=1S/C20H26N6OS/c1-13-7-17(23-20-21-9-14(2)28-20)8-18(22-13)19-12-26(5-6-27-19)11-16-10-25(4)24-15(16)3/h7-10,19H,5-6,11-12H2,1-4H3,(H,21,22,23)/t19-/m0/s1. The minimum Gasteiger partial charge on any atom is -0.369 e. The van der Waals surface area contributed by atoms with Gasteiger partial charge in [-0.05, 0) is 32.9 Å². The number of ether oxygens (including phenoxy) is 1. The molecule has 0 saturated carbocycles. The maximum atomic E-state index is 6.07. The zero-order valence-electron chi connectivity index (χ0n) is 16.8. The third kappa shape index (κ3) is 4.40. The molecular formula is C20H26N6OS. The second kappa shape index (κ2) is 7.98. The molecule has 0 spiro atoms. The molecule has 1 fully saturated rings. The van der Waals surface area contributed by atoms with Gasteiger partial charge < -0.3 is 10.1 Å². The highest BCUT2D eigenvalue weighted by atomic mass is 32.1. The normalized spacial score (nSPS) is 17.8. The van der Waals surface area contributed by atoms with E-state index >= 15 is 0 Å². The van der Waals surface area contributed by atoms with Crippen molar-refractivity contribution >= 4 is 22.2 Å². The molecule has 3 aromatic heterocycles. The number of pyridine rings is 1. The summed E-state index contributed by atoms with van der Waals surface area (Å²) in [6.07, 6.45) is 3.94. The van der Waals surface area contributed by atoms with E-state index < -0.39 is 0 Å². The smallest absolute Gasteiger partial charge is 0.187 e. The van der Waals surface area contributed by atoms with Crippen molar-refractivity contribution in [3.63, 3.8) is 0 Å². The first-order valence-corrected chi connectivity index (χ1v) is 10.3. The van der Waals surface area contributed by atoms with E-state index in [1.54, 1.807) is 11.3 Å². The van der Waals surface area contributed by atoms with Crippen LogP contribution in [0.2, 0.25) is 0 Å². The maximum Gasteiger partial charge on any atom is 0.187 e. The van der Waals surface area contributed by atoms with Crippen LogP contribution < -0.4 is 5.32 Å². The van der Waals surface area contributed by atoms with Gasteiger partial charge in [-0.15, -0.1) is 11.3 Å². The van der Waals surface area contributed by atoms with E-state index in [-0.39, 0.29) is 6.10 Å². The quantitative estimate of drug-likeness (QED) is 0.709. The predicted octanol–water partition coefficient (Wildman–Crippen LogP) is 3.51. The minimum atomic E-state index is -0.0378. The van der Waals surface area contributed by atoms with Gasteiger partial charge in [0, 0.05) is 60.9 Å². The summed E-state index contributed by atoms with van der Waals surface area (Å²) >= 11 is 1.64. The second-order valence-corrected chi connectivity index (χ2v) is 8.57. The van der Waals surface area contributed by atoms with E-state index in [0.717, 1.165) is 47.5 Å². The molecule has 0 amide bonds. The topological polar surface area (TPSA) is 68.1 Å². The summed E-state index contributed by atoms with van der Waals surface area (Å²) in [5.74, 6) is 0. The fourth-order valence-corrected chi connectivity index (χ4v) is 4.22. The number of nitrogens with zero attached hydrogens (tertiary/aromatic N) is 5. The van der Waals surface area contributed by atoms with Gasteiger partial charge in [0.15, 0.2) is 5.13 Å². The van der Waals surface area contributed by atoms with E-state index in [9.17, 15) is 0 Å². The van der Waals surface area contributed by atoms with Crippen LogP contribution in [0.4, 0.5) is 10.8 Å². The lowest BCUT2D eigenvalue weighted by Crippen LogP contribution is -2.38. The first-order valence-electron chi connectivity index (χ1n) is 9.47. The first kappa shape index (κ1) is 19.0. The van der Waals surface area contributed by atoms with E-state index in [0.29, 0.717) is 6.61 Å². The average Bonchev–Trinajstić information content (AvgIpc) is 3.19. The molecule has 7 nitrogen and oxygen atoms in total. The Balaban J connectivity index is 1.49. The van der Waals surface area contributed by atoms with Crippen LogP contribution in [0.3, 0.4) is 0 Å². The van der Waals surface area contributed by atoms with Crippen LogP contribution in [0.1, 0.15) is 33.6 Å². The predicted molar refractivity (Wildman–Crippen MR) is 111 cm³/mol. The second-order valence-electron chi connectivity index (χ2n) is 7.33. The van der Waals surface area contributed by atoms with Gasteiger partial charge in [-0.1, -0.05) is 0 Å². The molecule has 148 valence electrons. The number of nitrogens with one attached hydrogen (secondary N) is 1. The number of anilines is 2. The van der Waals surface area contributed by atoms with Crippen LogP contribution in [0.5, 0.6) is 0 Å².